The predicted octanol–water partition coefficient (Wildman–Crippen LogP) is 4.18. The van der Waals surface area contributed by atoms with Crippen LogP contribution in [0.25, 0.3) is 0 Å². The number of hydrogen-bond acceptors (Lipinski definition) is 6. The second kappa shape index (κ2) is 8.78. The van der Waals surface area contributed by atoms with Crippen LogP contribution in [0.1, 0.15) is 85.5 Å². The molecule has 0 aromatic carbocycles. The van der Waals surface area contributed by atoms with Crippen molar-refractivity contribution in [2.75, 3.05) is 0 Å². The Hall–Kier alpha value is -1.14. The minimum absolute atomic E-state index is 0.00901. The smallest absolute Gasteiger partial charge is 0.310 e. The van der Waals surface area contributed by atoms with Crippen LogP contribution in [0.3, 0.4) is 0 Å². The molecule has 0 N–H and O–H groups in total. The van der Waals surface area contributed by atoms with Crippen molar-refractivity contribution in [3.8, 4) is 0 Å². The fraction of sp³-hybridized carbons (Fsp3) is 0.917. The first-order valence-corrected chi connectivity index (χ1v) is 12.1. The van der Waals surface area contributed by atoms with Gasteiger partial charge < -0.3 is 18.9 Å². The van der Waals surface area contributed by atoms with Gasteiger partial charge in [0, 0.05) is 24.7 Å². The standard InChI is InChI=1S/C24H38O6/c1-5-16-21-19-12-15(23(29-19)22(21)17(6-2)28-16)18(27-14(4)25)13-20(26)30-24(7-3)10-8-9-11-24/h15-19,21-23H,5-13H2,1-4H3. The zero-order chi connectivity index (χ0) is 21.5. The average Bonchev–Trinajstić information content (AvgIpc) is 3.47. The molecule has 3 saturated heterocycles. The summed E-state index contributed by atoms with van der Waals surface area (Å²) in [5.74, 6) is 0.189. The Kier molecular flexibility index (Phi) is 6.45. The van der Waals surface area contributed by atoms with Crippen molar-refractivity contribution in [3.63, 3.8) is 0 Å². The molecule has 4 rings (SSSR count). The highest BCUT2D eigenvalue weighted by atomic mass is 16.6. The van der Waals surface area contributed by atoms with E-state index >= 15 is 0 Å². The normalized spacial score (nSPS) is 39.7. The molecule has 1 saturated carbocycles. The summed E-state index contributed by atoms with van der Waals surface area (Å²) in [4.78, 5) is 24.8. The summed E-state index contributed by atoms with van der Waals surface area (Å²) in [5.41, 5.74) is -0.324. The second-order valence-electron chi connectivity index (χ2n) is 9.79. The molecule has 0 aromatic heterocycles. The van der Waals surface area contributed by atoms with Gasteiger partial charge in [0.15, 0.2) is 0 Å². The van der Waals surface area contributed by atoms with E-state index in [0.29, 0.717) is 11.8 Å². The van der Waals surface area contributed by atoms with Crippen LogP contribution in [-0.2, 0) is 28.5 Å². The number of hydrogen-bond donors (Lipinski definition) is 0. The fourth-order valence-corrected chi connectivity index (χ4v) is 6.79. The molecule has 4 aliphatic rings. The number of fused-ring (bicyclic) bond motifs is 5. The van der Waals surface area contributed by atoms with Gasteiger partial charge in [-0.1, -0.05) is 20.8 Å². The SMILES string of the molecule is CCC1OC(CC)C2C3OC(CC3C(CC(=O)OC3(CC)CCCC3)OC(C)=O)C12. The van der Waals surface area contributed by atoms with E-state index in [1.807, 2.05) is 0 Å². The molecular weight excluding hydrogens is 384 g/mol. The Bertz CT molecular complexity index is 642. The lowest BCUT2D eigenvalue weighted by Crippen LogP contribution is -2.44. The molecule has 6 nitrogen and oxygen atoms in total. The molecule has 8 atom stereocenters. The van der Waals surface area contributed by atoms with Crippen LogP contribution in [-0.4, -0.2) is 48.1 Å². The molecular formula is C24H38O6. The van der Waals surface area contributed by atoms with Gasteiger partial charge in [-0.2, -0.15) is 0 Å². The molecule has 0 amide bonds. The fourth-order valence-electron chi connectivity index (χ4n) is 6.79. The summed E-state index contributed by atoms with van der Waals surface area (Å²) in [6.45, 7) is 7.84. The van der Waals surface area contributed by atoms with E-state index in [1.165, 1.54) is 6.92 Å². The van der Waals surface area contributed by atoms with Crippen molar-refractivity contribution in [2.45, 2.75) is 122 Å². The Morgan fingerprint density at radius 3 is 2.30 bits per heavy atom. The Balaban J connectivity index is 1.47. The van der Waals surface area contributed by atoms with E-state index in [9.17, 15) is 9.59 Å². The first-order valence-electron chi connectivity index (χ1n) is 12.1. The third kappa shape index (κ3) is 3.90. The van der Waals surface area contributed by atoms with Crippen molar-refractivity contribution in [1.29, 1.82) is 0 Å². The summed E-state index contributed by atoms with van der Waals surface area (Å²) in [7, 11) is 0. The minimum atomic E-state index is -0.487. The molecule has 3 heterocycles. The van der Waals surface area contributed by atoms with Crippen LogP contribution in [0.4, 0.5) is 0 Å². The second-order valence-corrected chi connectivity index (χ2v) is 9.79. The monoisotopic (exact) mass is 422 g/mol. The van der Waals surface area contributed by atoms with Gasteiger partial charge in [-0.25, -0.2) is 0 Å². The summed E-state index contributed by atoms with van der Waals surface area (Å²) in [6.07, 6.45) is 7.88. The Labute approximate surface area is 180 Å². The number of carbonyl (C=O) groups excluding carboxylic acids is 2. The topological polar surface area (TPSA) is 71.1 Å². The van der Waals surface area contributed by atoms with E-state index in [4.69, 9.17) is 18.9 Å². The van der Waals surface area contributed by atoms with Crippen LogP contribution >= 0.6 is 0 Å². The number of esters is 2. The first-order chi connectivity index (χ1) is 14.4. The number of ether oxygens (including phenoxy) is 4. The third-order valence-corrected chi connectivity index (χ3v) is 8.18. The summed E-state index contributed by atoms with van der Waals surface area (Å²) in [6, 6.07) is 0. The summed E-state index contributed by atoms with van der Waals surface area (Å²) in [5, 5.41) is 0. The molecule has 0 aromatic rings. The van der Waals surface area contributed by atoms with Crippen molar-refractivity contribution in [2.24, 2.45) is 17.8 Å². The van der Waals surface area contributed by atoms with Crippen LogP contribution in [0.5, 0.6) is 0 Å². The predicted molar refractivity (Wildman–Crippen MR) is 111 cm³/mol. The highest BCUT2D eigenvalue weighted by Gasteiger charge is 2.63. The molecule has 8 unspecified atom stereocenters. The van der Waals surface area contributed by atoms with Crippen molar-refractivity contribution in [1.82, 2.24) is 0 Å². The Morgan fingerprint density at radius 1 is 1.03 bits per heavy atom. The van der Waals surface area contributed by atoms with Gasteiger partial charge in [0.25, 0.3) is 0 Å². The maximum atomic E-state index is 12.9. The van der Waals surface area contributed by atoms with E-state index in [-0.39, 0.29) is 54.3 Å². The van der Waals surface area contributed by atoms with Crippen LogP contribution < -0.4 is 0 Å². The molecule has 30 heavy (non-hydrogen) atoms. The van der Waals surface area contributed by atoms with Crippen molar-refractivity contribution in [3.05, 3.63) is 0 Å². The van der Waals surface area contributed by atoms with Crippen LogP contribution in [0, 0.1) is 17.8 Å². The molecule has 0 spiro atoms. The average molecular weight is 423 g/mol. The number of carbonyl (C=O) groups is 2. The van der Waals surface area contributed by atoms with Gasteiger partial charge in [-0.3, -0.25) is 9.59 Å². The lowest BCUT2D eigenvalue weighted by Gasteiger charge is -2.35. The van der Waals surface area contributed by atoms with E-state index in [1.54, 1.807) is 0 Å². The lowest BCUT2D eigenvalue weighted by molar-refractivity contribution is -0.167. The van der Waals surface area contributed by atoms with E-state index in [0.717, 1.165) is 51.4 Å². The minimum Gasteiger partial charge on any atom is -0.462 e. The van der Waals surface area contributed by atoms with Crippen molar-refractivity contribution < 1.29 is 28.5 Å². The number of rotatable bonds is 8. The molecule has 6 heteroatoms. The summed E-state index contributed by atoms with van der Waals surface area (Å²) >= 11 is 0. The zero-order valence-corrected chi connectivity index (χ0v) is 18.9. The molecule has 1 aliphatic carbocycles. The molecule has 170 valence electrons. The maximum absolute atomic E-state index is 12.9. The van der Waals surface area contributed by atoms with E-state index in [2.05, 4.69) is 20.8 Å². The maximum Gasteiger partial charge on any atom is 0.310 e. The molecule has 3 aliphatic heterocycles. The van der Waals surface area contributed by atoms with Gasteiger partial charge in [-0.05, 0) is 51.4 Å². The first kappa shape index (κ1) is 22.1. The van der Waals surface area contributed by atoms with E-state index < -0.39 is 6.10 Å². The largest absolute Gasteiger partial charge is 0.462 e. The van der Waals surface area contributed by atoms with Gasteiger partial charge in [-0.15, -0.1) is 0 Å². The highest BCUT2D eigenvalue weighted by molar-refractivity contribution is 5.72. The molecule has 4 fully saturated rings. The van der Waals surface area contributed by atoms with Crippen LogP contribution in [0.2, 0.25) is 0 Å². The third-order valence-electron chi connectivity index (χ3n) is 8.18. The molecule has 0 radical (unpaired) electrons. The molecule has 2 bridgehead atoms. The quantitative estimate of drug-likeness (QED) is 0.547. The zero-order valence-electron chi connectivity index (χ0n) is 18.9. The van der Waals surface area contributed by atoms with Crippen molar-refractivity contribution >= 4 is 11.9 Å². The van der Waals surface area contributed by atoms with Gasteiger partial charge >= 0.3 is 11.9 Å². The highest BCUT2D eigenvalue weighted by Crippen LogP contribution is 2.56. The van der Waals surface area contributed by atoms with Gasteiger partial charge in [0.2, 0.25) is 0 Å². The Morgan fingerprint density at radius 2 is 1.70 bits per heavy atom. The van der Waals surface area contributed by atoms with Crippen LogP contribution in [0.15, 0.2) is 0 Å². The van der Waals surface area contributed by atoms with Gasteiger partial charge in [0.1, 0.15) is 11.7 Å². The summed E-state index contributed by atoms with van der Waals surface area (Å²) < 4.78 is 24.4. The lowest BCUT2D eigenvalue weighted by atomic mass is 9.69. The van der Waals surface area contributed by atoms with Gasteiger partial charge in [0.05, 0.1) is 30.8 Å².